The molecule has 1 aromatic rings. The van der Waals surface area contributed by atoms with E-state index in [1.165, 1.54) is 0 Å². The van der Waals surface area contributed by atoms with Crippen LogP contribution in [0.15, 0.2) is 41.6 Å². The standard InChI is InChI=1S/C20H28N4O3/c1-4-27-19(25)17-16(14-24-12-10-22(2)11-13-24)23(3)20(26)21-18(17)15-8-6-5-7-9-15/h5-9,18H,4,10-14H2,1-3H3,(H,21,26)/t18-/m0/s1. The Hall–Kier alpha value is -2.38. The maximum absolute atomic E-state index is 12.9. The average Bonchev–Trinajstić information content (AvgIpc) is 2.67. The molecule has 2 aliphatic heterocycles. The van der Waals surface area contributed by atoms with Crippen LogP contribution in [0, 0.1) is 0 Å². The average molecular weight is 372 g/mol. The van der Waals surface area contributed by atoms with Crippen LogP contribution in [0.4, 0.5) is 4.79 Å². The van der Waals surface area contributed by atoms with E-state index in [1.807, 2.05) is 30.3 Å². The summed E-state index contributed by atoms with van der Waals surface area (Å²) < 4.78 is 5.35. The topological polar surface area (TPSA) is 65.1 Å². The van der Waals surface area contributed by atoms with E-state index in [-0.39, 0.29) is 12.0 Å². The molecule has 3 rings (SSSR count). The summed E-state index contributed by atoms with van der Waals surface area (Å²) >= 11 is 0. The number of ether oxygens (including phenoxy) is 1. The lowest BCUT2D eigenvalue weighted by Crippen LogP contribution is -2.51. The number of esters is 1. The van der Waals surface area contributed by atoms with Crippen LogP contribution in [0.1, 0.15) is 18.5 Å². The lowest BCUT2D eigenvalue weighted by Gasteiger charge is -2.38. The summed E-state index contributed by atoms with van der Waals surface area (Å²) in [7, 11) is 3.81. The van der Waals surface area contributed by atoms with Gasteiger partial charge in [0.1, 0.15) is 0 Å². The van der Waals surface area contributed by atoms with Crippen LogP contribution in [0.3, 0.4) is 0 Å². The molecule has 2 heterocycles. The Balaban J connectivity index is 1.99. The first-order chi connectivity index (χ1) is 13.0. The zero-order valence-corrected chi connectivity index (χ0v) is 16.3. The molecule has 0 bridgehead atoms. The fourth-order valence-corrected chi connectivity index (χ4v) is 3.51. The minimum atomic E-state index is -0.503. The summed E-state index contributed by atoms with van der Waals surface area (Å²) in [6.07, 6.45) is 0. The van der Waals surface area contributed by atoms with Crippen LogP contribution in [-0.4, -0.2) is 80.1 Å². The predicted octanol–water partition coefficient (Wildman–Crippen LogP) is 1.45. The molecule has 2 aliphatic rings. The molecule has 0 radical (unpaired) electrons. The highest BCUT2D eigenvalue weighted by Gasteiger charge is 2.37. The summed E-state index contributed by atoms with van der Waals surface area (Å²) in [4.78, 5) is 31.6. The Kier molecular flexibility index (Phi) is 6.13. The molecule has 7 nitrogen and oxygen atoms in total. The Morgan fingerprint density at radius 2 is 1.81 bits per heavy atom. The van der Waals surface area contributed by atoms with Gasteiger partial charge in [-0.2, -0.15) is 0 Å². The number of piperazine rings is 1. The number of amides is 2. The third kappa shape index (κ3) is 4.31. The van der Waals surface area contributed by atoms with Crippen LogP contribution < -0.4 is 5.32 Å². The van der Waals surface area contributed by atoms with Crippen molar-refractivity contribution >= 4 is 12.0 Å². The Labute approximate surface area is 160 Å². The number of likely N-dealkylation sites (N-methyl/N-ethyl adjacent to an activating group) is 2. The molecule has 1 saturated heterocycles. The molecule has 0 unspecified atom stereocenters. The highest BCUT2D eigenvalue weighted by Crippen LogP contribution is 2.31. The van der Waals surface area contributed by atoms with Gasteiger partial charge in [-0.25, -0.2) is 9.59 Å². The van der Waals surface area contributed by atoms with Crippen molar-refractivity contribution in [2.75, 3.05) is 53.4 Å². The fourth-order valence-electron chi connectivity index (χ4n) is 3.51. The summed E-state index contributed by atoms with van der Waals surface area (Å²) in [5.74, 6) is -0.373. The molecule has 1 aromatic carbocycles. The van der Waals surface area contributed by atoms with Gasteiger partial charge in [-0.05, 0) is 19.5 Å². The van der Waals surface area contributed by atoms with Crippen LogP contribution in [0.25, 0.3) is 0 Å². The number of benzene rings is 1. The molecule has 0 spiro atoms. The Bertz CT molecular complexity index is 711. The van der Waals surface area contributed by atoms with E-state index >= 15 is 0 Å². The molecular formula is C20H28N4O3. The van der Waals surface area contributed by atoms with Crippen molar-refractivity contribution in [1.82, 2.24) is 20.0 Å². The maximum Gasteiger partial charge on any atom is 0.338 e. The van der Waals surface area contributed by atoms with Crippen molar-refractivity contribution in [3.05, 3.63) is 47.2 Å². The number of nitrogens with one attached hydrogen (secondary N) is 1. The second-order valence-electron chi connectivity index (χ2n) is 7.01. The van der Waals surface area contributed by atoms with Gasteiger partial charge in [0.25, 0.3) is 0 Å². The van der Waals surface area contributed by atoms with Crippen molar-refractivity contribution in [1.29, 1.82) is 0 Å². The van der Waals surface area contributed by atoms with Crippen LogP contribution >= 0.6 is 0 Å². The van der Waals surface area contributed by atoms with Crippen molar-refractivity contribution in [2.45, 2.75) is 13.0 Å². The predicted molar refractivity (Wildman–Crippen MR) is 103 cm³/mol. The number of urea groups is 1. The van der Waals surface area contributed by atoms with Crippen molar-refractivity contribution in [2.24, 2.45) is 0 Å². The molecule has 27 heavy (non-hydrogen) atoms. The van der Waals surface area contributed by atoms with Gasteiger partial charge in [0, 0.05) is 45.5 Å². The number of hydrogen-bond donors (Lipinski definition) is 1. The van der Waals surface area contributed by atoms with Crippen molar-refractivity contribution < 1.29 is 14.3 Å². The molecule has 146 valence electrons. The third-order valence-electron chi connectivity index (χ3n) is 5.17. The smallest absolute Gasteiger partial charge is 0.338 e. The molecule has 7 heteroatoms. The second kappa shape index (κ2) is 8.54. The largest absolute Gasteiger partial charge is 0.463 e. The third-order valence-corrected chi connectivity index (χ3v) is 5.17. The Morgan fingerprint density at radius 3 is 2.44 bits per heavy atom. The van der Waals surface area contributed by atoms with E-state index in [0.29, 0.717) is 18.7 Å². The van der Waals surface area contributed by atoms with Gasteiger partial charge in [0.2, 0.25) is 0 Å². The van der Waals surface area contributed by atoms with Gasteiger partial charge in [-0.15, -0.1) is 0 Å². The van der Waals surface area contributed by atoms with Gasteiger partial charge in [-0.1, -0.05) is 30.3 Å². The molecule has 1 N–H and O–H groups in total. The van der Waals surface area contributed by atoms with Crippen molar-refractivity contribution in [3.63, 3.8) is 0 Å². The molecule has 0 saturated carbocycles. The highest BCUT2D eigenvalue weighted by molar-refractivity contribution is 5.95. The molecule has 1 fully saturated rings. The van der Waals surface area contributed by atoms with Crippen LogP contribution in [0.5, 0.6) is 0 Å². The van der Waals surface area contributed by atoms with E-state index in [9.17, 15) is 9.59 Å². The quantitative estimate of drug-likeness (QED) is 0.793. The zero-order chi connectivity index (χ0) is 19.4. The highest BCUT2D eigenvalue weighted by atomic mass is 16.5. The Morgan fingerprint density at radius 1 is 1.15 bits per heavy atom. The fraction of sp³-hybridized carbons (Fsp3) is 0.500. The minimum absolute atomic E-state index is 0.207. The normalized spacial score (nSPS) is 22.0. The first kappa shape index (κ1) is 19.4. The summed E-state index contributed by atoms with van der Waals surface area (Å²) in [5, 5.41) is 2.95. The minimum Gasteiger partial charge on any atom is -0.463 e. The molecular weight excluding hydrogens is 344 g/mol. The summed E-state index contributed by atoms with van der Waals surface area (Å²) in [5.41, 5.74) is 2.11. The molecule has 1 atom stereocenters. The van der Waals surface area contributed by atoms with E-state index in [1.54, 1.807) is 18.9 Å². The summed E-state index contributed by atoms with van der Waals surface area (Å²) in [6.45, 7) is 6.39. The van der Waals surface area contributed by atoms with E-state index in [4.69, 9.17) is 4.74 Å². The monoisotopic (exact) mass is 372 g/mol. The molecule has 0 aliphatic carbocycles. The number of carbonyl (C=O) groups excluding carboxylic acids is 2. The summed E-state index contributed by atoms with van der Waals surface area (Å²) in [6, 6.07) is 8.86. The van der Waals surface area contributed by atoms with E-state index in [0.717, 1.165) is 37.4 Å². The SMILES string of the molecule is CCOC(=O)C1=C(CN2CCN(C)CC2)N(C)C(=O)N[C@H]1c1ccccc1. The maximum atomic E-state index is 12.9. The van der Waals surface area contributed by atoms with Crippen LogP contribution in [-0.2, 0) is 9.53 Å². The number of carbonyl (C=O) groups is 2. The number of hydrogen-bond acceptors (Lipinski definition) is 5. The van der Waals surface area contributed by atoms with Gasteiger partial charge >= 0.3 is 12.0 Å². The lowest BCUT2D eigenvalue weighted by atomic mass is 9.94. The van der Waals surface area contributed by atoms with Gasteiger partial charge < -0.3 is 15.0 Å². The van der Waals surface area contributed by atoms with Crippen molar-refractivity contribution in [3.8, 4) is 0 Å². The van der Waals surface area contributed by atoms with Crippen LogP contribution in [0.2, 0.25) is 0 Å². The first-order valence-corrected chi connectivity index (χ1v) is 9.41. The van der Waals surface area contributed by atoms with E-state index < -0.39 is 6.04 Å². The lowest BCUT2D eigenvalue weighted by molar-refractivity contribution is -0.139. The van der Waals surface area contributed by atoms with Gasteiger partial charge in [0.15, 0.2) is 0 Å². The van der Waals surface area contributed by atoms with Gasteiger partial charge in [-0.3, -0.25) is 9.80 Å². The zero-order valence-electron chi connectivity index (χ0n) is 16.3. The first-order valence-electron chi connectivity index (χ1n) is 9.41. The molecule has 0 aromatic heterocycles. The number of nitrogens with zero attached hydrogens (tertiary/aromatic N) is 3. The van der Waals surface area contributed by atoms with E-state index in [2.05, 4.69) is 22.2 Å². The molecule has 2 amide bonds. The number of rotatable bonds is 5. The second-order valence-corrected chi connectivity index (χ2v) is 7.01. The van der Waals surface area contributed by atoms with Gasteiger partial charge in [0.05, 0.1) is 18.2 Å².